The number of nitrogens with zero attached hydrogens (tertiary/aromatic N) is 5. The summed E-state index contributed by atoms with van der Waals surface area (Å²) in [5.41, 5.74) is 3.00. The van der Waals surface area contributed by atoms with Crippen LogP contribution in [0.2, 0.25) is 0 Å². The number of carbonyl (C=O) groups excluding carboxylic acids is 1. The van der Waals surface area contributed by atoms with Gasteiger partial charge in [-0.15, -0.1) is 0 Å². The van der Waals surface area contributed by atoms with Crippen LogP contribution in [0, 0.1) is 0 Å². The van der Waals surface area contributed by atoms with Crippen molar-refractivity contribution in [3.63, 3.8) is 0 Å². The molecule has 1 amide bonds. The Morgan fingerprint density at radius 2 is 1.94 bits per heavy atom. The van der Waals surface area contributed by atoms with Gasteiger partial charge in [0.25, 0.3) is 5.91 Å². The molecule has 1 aliphatic heterocycles. The third-order valence-corrected chi connectivity index (χ3v) is 6.82. The normalized spacial score (nSPS) is 19.1. The molecule has 1 saturated carbocycles. The summed E-state index contributed by atoms with van der Waals surface area (Å²) in [4.78, 5) is 28.9. The summed E-state index contributed by atoms with van der Waals surface area (Å²) in [6, 6.07) is 7.67. The number of hydrogen-bond acceptors (Lipinski definition) is 6. The molecule has 2 aliphatic rings. The Morgan fingerprint density at radius 3 is 2.72 bits per heavy atom. The smallest absolute Gasteiger partial charge is 0.252 e. The SMILES string of the molecule is O=C(NCC1(N2CCOCC2)CCCCC1)c1cnc2c(c1)ncn2Cc1ccccn1. The van der Waals surface area contributed by atoms with Gasteiger partial charge in [0.05, 0.1) is 37.3 Å². The highest BCUT2D eigenvalue weighted by Crippen LogP contribution is 2.34. The fraction of sp³-hybridized carbons (Fsp3) is 0.500. The van der Waals surface area contributed by atoms with Crippen molar-refractivity contribution in [3.8, 4) is 0 Å². The van der Waals surface area contributed by atoms with Gasteiger partial charge in [0, 0.05) is 37.6 Å². The summed E-state index contributed by atoms with van der Waals surface area (Å²) in [6.07, 6.45) is 11.1. The maximum Gasteiger partial charge on any atom is 0.252 e. The molecule has 0 aromatic carbocycles. The molecule has 2 fully saturated rings. The molecular weight excluding hydrogens is 404 g/mol. The molecule has 1 N–H and O–H groups in total. The minimum Gasteiger partial charge on any atom is -0.379 e. The Hall–Kier alpha value is -2.84. The van der Waals surface area contributed by atoms with E-state index in [1.807, 2.05) is 28.8 Å². The Kier molecular flexibility index (Phi) is 6.14. The highest BCUT2D eigenvalue weighted by Gasteiger charge is 2.38. The van der Waals surface area contributed by atoms with Gasteiger partial charge in [-0.3, -0.25) is 14.7 Å². The van der Waals surface area contributed by atoms with E-state index >= 15 is 0 Å². The molecule has 0 radical (unpaired) electrons. The highest BCUT2D eigenvalue weighted by molar-refractivity contribution is 5.96. The summed E-state index contributed by atoms with van der Waals surface area (Å²) in [7, 11) is 0. The zero-order valence-electron chi connectivity index (χ0n) is 18.4. The number of amides is 1. The van der Waals surface area contributed by atoms with Crippen LogP contribution in [0.25, 0.3) is 11.2 Å². The van der Waals surface area contributed by atoms with Gasteiger partial charge >= 0.3 is 0 Å². The minimum absolute atomic E-state index is 0.0412. The van der Waals surface area contributed by atoms with Gasteiger partial charge in [-0.2, -0.15) is 0 Å². The van der Waals surface area contributed by atoms with Crippen LogP contribution in [-0.4, -0.2) is 68.7 Å². The van der Waals surface area contributed by atoms with Gasteiger partial charge < -0.3 is 14.6 Å². The molecule has 8 nitrogen and oxygen atoms in total. The van der Waals surface area contributed by atoms with E-state index in [0.717, 1.165) is 50.5 Å². The number of nitrogens with one attached hydrogen (secondary N) is 1. The molecule has 5 rings (SSSR count). The molecule has 0 atom stereocenters. The van der Waals surface area contributed by atoms with E-state index in [1.54, 1.807) is 18.7 Å². The zero-order valence-corrected chi connectivity index (χ0v) is 18.4. The predicted molar refractivity (Wildman–Crippen MR) is 121 cm³/mol. The van der Waals surface area contributed by atoms with E-state index in [-0.39, 0.29) is 11.4 Å². The van der Waals surface area contributed by atoms with Crippen molar-refractivity contribution >= 4 is 17.1 Å². The molecule has 0 bridgehead atoms. The second-order valence-electron chi connectivity index (χ2n) is 8.83. The third kappa shape index (κ3) is 4.38. The first kappa shape index (κ1) is 21.0. The lowest BCUT2D eigenvalue weighted by Gasteiger charge is -2.48. The Morgan fingerprint density at radius 1 is 1.09 bits per heavy atom. The summed E-state index contributed by atoms with van der Waals surface area (Å²) >= 11 is 0. The van der Waals surface area contributed by atoms with E-state index in [9.17, 15) is 4.79 Å². The van der Waals surface area contributed by atoms with Gasteiger partial charge in [-0.1, -0.05) is 25.3 Å². The Bertz CT molecular complexity index is 1050. The Labute approximate surface area is 188 Å². The number of hydrogen-bond donors (Lipinski definition) is 1. The number of aromatic nitrogens is 4. The average molecular weight is 435 g/mol. The van der Waals surface area contributed by atoms with Gasteiger partial charge in [0.2, 0.25) is 0 Å². The van der Waals surface area contributed by atoms with Crippen molar-refractivity contribution in [2.24, 2.45) is 0 Å². The molecule has 0 unspecified atom stereocenters. The molecule has 8 heteroatoms. The quantitative estimate of drug-likeness (QED) is 0.642. The van der Waals surface area contributed by atoms with E-state index in [4.69, 9.17) is 4.74 Å². The molecule has 3 aromatic rings. The molecule has 168 valence electrons. The Balaban J connectivity index is 1.29. The zero-order chi connectivity index (χ0) is 21.8. The van der Waals surface area contributed by atoms with Crippen LogP contribution in [0.15, 0.2) is 43.0 Å². The lowest BCUT2D eigenvalue weighted by Crippen LogP contribution is -2.59. The van der Waals surface area contributed by atoms with Crippen molar-refractivity contribution in [1.29, 1.82) is 0 Å². The largest absolute Gasteiger partial charge is 0.379 e. The number of ether oxygens (including phenoxy) is 1. The van der Waals surface area contributed by atoms with Crippen molar-refractivity contribution < 1.29 is 9.53 Å². The van der Waals surface area contributed by atoms with Crippen LogP contribution in [0.1, 0.15) is 48.2 Å². The second kappa shape index (κ2) is 9.34. The number of fused-ring (bicyclic) bond motifs is 1. The number of rotatable bonds is 6. The first-order valence-corrected chi connectivity index (χ1v) is 11.6. The van der Waals surface area contributed by atoms with Crippen LogP contribution in [0.5, 0.6) is 0 Å². The standard InChI is InChI=1S/C24H30N6O2/c31-23(27-17-24(7-3-1-4-8-24)30-10-12-32-13-11-30)19-14-21-22(26-15-19)29(18-28-21)16-20-6-2-5-9-25-20/h2,5-6,9,14-15,18H,1,3-4,7-8,10-13,16-17H2,(H,27,31). The summed E-state index contributed by atoms with van der Waals surface area (Å²) < 4.78 is 7.51. The van der Waals surface area contributed by atoms with E-state index < -0.39 is 0 Å². The molecule has 0 spiro atoms. The van der Waals surface area contributed by atoms with Gasteiger partial charge in [0.15, 0.2) is 5.65 Å². The first-order chi connectivity index (χ1) is 15.7. The number of morpholine rings is 1. The maximum atomic E-state index is 13.0. The molecular formula is C24H30N6O2. The van der Waals surface area contributed by atoms with Gasteiger partial charge in [-0.05, 0) is 31.0 Å². The number of imidazole rings is 1. The molecule has 1 saturated heterocycles. The van der Waals surface area contributed by atoms with E-state index in [0.29, 0.717) is 24.2 Å². The summed E-state index contributed by atoms with van der Waals surface area (Å²) in [5, 5.41) is 3.21. The van der Waals surface area contributed by atoms with Crippen LogP contribution in [-0.2, 0) is 11.3 Å². The van der Waals surface area contributed by atoms with Gasteiger partial charge in [-0.25, -0.2) is 9.97 Å². The lowest BCUT2D eigenvalue weighted by molar-refractivity contribution is -0.0361. The fourth-order valence-electron chi connectivity index (χ4n) is 5.05. The molecule has 4 heterocycles. The van der Waals surface area contributed by atoms with E-state index in [1.165, 1.54) is 19.3 Å². The van der Waals surface area contributed by atoms with Crippen molar-refractivity contribution in [2.75, 3.05) is 32.8 Å². The topological polar surface area (TPSA) is 85.2 Å². The average Bonchev–Trinajstić information content (AvgIpc) is 3.26. The first-order valence-electron chi connectivity index (χ1n) is 11.6. The van der Waals surface area contributed by atoms with Gasteiger partial charge in [0.1, 0.15) is 5.52 Å². The lowest BCUT2D eigenvalue weighted by atomic mass is 9.79. The second-order valence-corrected chi connectivity index (χ2v) is 8.83. The van der Waals surface area contributed by atoms with Crippen LogP contribution < -0.4 is 5.32 Å². The van der Waals surface area contributed by atoms with Crippen molar-refractivity contribution in [2.45, 2.75) is 44.2 Å². The molecule has 1 aliphatic carbocycles. The van der Waals surface area contributed by atoms with Crippen molar-refractivity contribution in [3.05, 3.63) is 54.2 Å². The third-order valence-electron chi connectivity index (χ3n) is 6.82. The highest BCUT2D eigenvalue weighted by atomic mass is 16.5. The molecule has 3 aromatic heterocycles. The molecule has 32 heavy (non-hydrogen) atoms. The van der Waals surface area contributed by atoms with Crippen LogP contribution in [0.3, 0.4) is 0 Å². The summed E-state index contributed by atoms with van der Waals surface area (Å²) in [5.74, 6) is -0.0862. The minimum atomic E-state index is -0.0862. The van der Waals surface area contributed by atoms with Crippen molar-refractivity contribution in [1.82, 2.24) is 29.7 Å². The number of pyridine rings is 2. The fourth-order valence-corrected chi connectivity index (χ4v) is 5.05. The van der Waals surface area contributed by atoms with E-state index in [2.05, 4.69) is 25.2 Å². The van der Waals surface area contributed by atoms with Crippen LogP contribution in [0.4, 0.5) is 0 Å². The van der Waals surface area contributed by atoms with Crippen LogP contribution >= 0.6 is 0 Å². The monoisotopic (exact) mass is 434 g/mol. The number of carbonyl (C=O) groups is 1. The summed E-state index contributed by atoms with van der Waals surface area (Å²) in [6.45, 7) is 4.69. The predicted octanol–water partition coefficient (Wildman–Crippen LogP) is 2.64. The maximum absolute atomic E-state index is 13.0.